The first-order valence-electron chi connectivity index (χ1n) is 5.73. The van der Waals surface area contributed by atoms with E-state index in [4.69, 9.17) is 5.11 Å². The first-order valence-corrected chi connectivity index (χ1v) is 5.73. The predicted molar refractivity (Wildman–Crippen MR) is 61.9 cm³/mol. The summed E-state index contributed by atoms with van der Waals surface area (Å²) < 4.78 is 1.90. The fourth-order valence-corrected chi connectivity index (χ4v) is 2.13. The molecular formula is C12H13N3O2. The van der Waals surface area contributed by atoms with E-state index in [0.717, 1.165) is 11.0 Å². The molecule has 1 saturated carbocycles. The van der Waals surface area contributed by atoms with Crippen molar-refractivity contribution in [2.24, 2.45) is 5.92 Å². The standard InChI is InChI=1S/C12H13N3O2/c1-7(8-2-3-8)15-11-9(6-14-15)4-10(5-13-11)12(16)17/h4-8H,2-3H2,1H3,(H,16,17)/t7-/m0/s1. The lowest BCUT2D eigenvalue weighted by atomic mass is 10.2. The molecule has 0 saturated heterocycles. The number of rotatable bonds is 3. The topological polar surface area (TPSA) is 68.0 Å². The number of aromatic carboxylic acids is 1. The van der Waals surface area contributed by atoms with Gasteiger partial charge in [-0.25, -0.2) is 14.5 Å². The van der Waals surface area contributed by atoms with Gasteiger partial charge in [-0.1, -0.05) is 0 Å². The second kappa shape index (κ2) is 3.55. The van der Waals surface area contributed by atoms with Crippen molar-refractivity contribution in [1.82, 2.24) is 14.8 Å². The van der Waals surface area contributed by atoms with Crippen LogP contribution in [-0.4, -0.2) is 25.8 Å². The lowest BCUT2D eigenvalue weighted by molar-refractivity contribution is 0.0696. The third kappa shape index (κ3) is 1.67. The minimum atomic E-state index is -0.956. The summed E-state index contributed by atoms with van der Waals surface area (Å²) in [6, 6.07) is 1.96. The van der Waals surface area contributed by atoms with Crippen LogP contribution in [-0.2, 0) is 0 Å². The number of hydrogen-bond donors (Lipinski definition) is 1. The van der Waals surface area contributed by atoms with Gasteiger partial charge < -0.3 is 5.11 Å². The van der Waals surface area contributed by atoms with E-state index in [1.165, 1.54) is 19.0 Å². The number of carboxylic acids is 1. The number of carbonyl (C=O) groups is 1. The molecule has 1 aliphatic rings. The largest absolute Gasteiger partial charge is 0.478 e. The van der Waals surface area contributed by atoms with Gasteiger partial charge in [0.15, 0.2) is 5.65 Å². The summed E-state index contributed by atoms with van der Waals surface area (Å²) in [4.78, 5) is 15.0. The lowest BCUT2D eigenvalue weighted by Gasteiger charge is -2.11. The van der Waals surface area contributed by atoms with Gasteiger partial charge in [-0.15, -0.1) is 0 Å². The van der Waals surface area contributed by atoms with Gasteiger partial charge in [-0.2, -0.15) is 5.10 Å². The Kier molecular flexibility index (Phi) is 2.14. The van der Waals surface area contributed by atoms with Crippen molar-refractivity contribution >= 4 is 17.0 Å². The zero-order valence-corrected chi connectivity index (χ0v) is 9.50. The summed E-state index contributed by atoms with van der Waals surface area (Å²) in [5.74, 6) is -0.263. The number of pyridine rings is 1. The Hall–Kier alpha value is -1.91. The van der Waals surface area contributed by atoms with Crippen molar-refractivity contribution in [3.8, 4) is 0 Å². The van der Waals surface area contributed by atoms with E-state index in [-0.39, 0.29) is 5.56 Å². The smallest absolute Gasteiger partial charge is 0.337 e. The molecule has 2 aromatic heterocycles. The molecule has 2 heterocycles. The monoisotopic (exact) mass is 231 g/mol. The lowest BCUT2D eigenvalue weighted by Crippen LogP contribution is -2.09. The van der Waals surface area contributed by atoms with Crippen molar-refractivity contribution in [1.29, 1.82) is 0 Å². The van der Waals surface area contributed by atoms with Crippen molar-refractivity contribution in [3.05, 3.63) is 24.0 Å². The zero-order valence-electron chi connectivity index (χ0n) is 9.50. The molecule has 1 fully saturated rings. The molecule has 0 radical (unpaired) electrons. The molecule has 17 heavy (non-hydrogen) atoms. The number of aromatic nitrogens is 3. The molecule has 1 atom stereocenters. The van der Waals surface area contributed by atoms with Crippen molar-refractivity contribution in [2.45, 2.75) is 25.8 Å². The van der Waals surface area contributed by atoms with E-state index in [2.05, 4.69) is 17.0 Å². The van der Waals surface area contributed by atoms with Crippen LogP contribution in [0.3, 0.4) is 0 Å². The first kappa shape index (κ1) is 10.3. The van der Waals surface area contributed by atoms with Gasteiger partial charge >= 0.3 is 5.97 Å². The van der Waals surface area contributed by atoms with E-state index in [0.29, 0.717) is 12.0 Å². The highest BCUT2D eigenvalue weighted by Crippen LogP contribution is 2.39. The maximum atomic E-state index is 10.8. The molecule has 0 bridgehead atoms. The normalized spacial score (nSPS) is 17.2. The van der Waals surface area contributed by atoms with E-state index in [1.807, 2.05) is 4.68 Å². The van der Waals surface area contributed by atoms with Crippen LogP contribution in [0.25, 0.3) is 11.0 Å². The quantitative estimate of drug-likeness (QED) is 0.878. The summed E-state index contributed by atoms with van der Waals surface area (Å²) in [6.07, 6.45) is 5.57. The molecule has 0 aliphatic heterocycles. The molecule has 5 nitrogen and oxygen atoms in total. The minimum absolute atomic E-state index is 0.205. The fourth-order valence-electron chi connectivity index (χ4n) is 2.13. The minimum Gasteiger partial charge on any atom is -0.478 e. The molecule has 88 valence electrons. The average molecular weight is 231 g/mol. The van der Waals surface area contributed by atoms with Crippen molar-refractivity contribution in [2.75, 3.05) is 0 Å². The molecule has 3 rings (SSSR count). The third-order valence-electron chi connectivity index (χ3n) is 3.37. The van der Waals surface area contributed by atoms with Gasteiger partial charge in [0.1, 0.15) is 0 Å². The third-order valence-corrected chi connectivity index (χ3v) is 3.37. The Balaban J connectivity index is 2.07. The number of carboxylic acid groups (broad SMARTS) is 1. The van der Waals surface area contributed by atoms with Gasteiger partial charge in [0.2, 0.25) is 0 Å². The van der Waals surface area contributed by atoms with E-state index in [1.54, 1.807) is 12.3 Å². The molecule has 1 aliphatic carbocycles. The molecule has 0 spiro atoms. The summed E-state index contributed by atoms with van der Waals surface area (Å²) in [6.45, 7) is 2.14. The Morgan fingerprint density at radius 2 is 2.29 bits per heavy atom. The molecule has 5 heteroatoms. The van der Waals surface area contributed by atoms with Crippen molar-refractivity contribution < 1.29 is 9.90 Å². The van der Waals surface area contributed by atoms with Crippen LogP contribution >= 0.6 is 0 Å². The summed E-state index contributed by atoms with van der Waals surface area (Å²) in [7, 11) is 0. The van der Waals surface area contributed by atoms with Crippen molar-refractivity contribution in [3.63, 3.8) is 0 Å². The summed E-state index contributed by atoms with van der Waals surface area (Å²) in [5, 5.41) is 14.0. The van der Waals surface area contributed by atoms with Crippen LogP contribution in [0.5, 0.6) is 0 Å². The number of hydrogen-bond acceptors (Lipinski definition) is 3. The second-order valence-electron chi connectivity index (χ2n) is 4.61. The zero-order chi connectivity index (χ0) is 12.0. The van der Waals surface area contributed by atoms with E-state index < -0.39 is 5.97 Å². The maximum absolute atomic E-state index is 10.8. The molecule has 0 aromatic carbocycles. The number of fused-ring (bicyclic) bond motifs is 1. The fraction of sp³-hybridized carbons (Fsp3) is 0.417. The highest BCUT2D eigenvalue weighted by atomic mass is 16.4. The van der Waals surface area contributed by atoms with Gasteiger partial charge in [0, 0.05) is 11.6 Å². The summed E-state index contributed by atoms with van der Waals surface area (Å²) in [5.41, 5.74) is 0.977. The molecule has 0 amide bonds. The Labute approximate surface area is 98.1 Å². The molecule has 2 aromatic rings. The van der Waals surface area contributed by atoms with E-state index >= 15 is 0 Å². The van der Waals surface area contributed by atoms with Crippen LogP contribution in [0, 0.1) is 5.92 Å². The Morgan fingerprint density at radius 3 is 2.94 bits per heavy atom. The van der Waals surface area contributed by atoms with Crippen LogP contribution < -0.4 is 0 Å². The molecule has 1 N–H and O–H groups in total. The molecule has 0 unspecified atom stereocenters. The van der Waals surface area contributed by atoms with Crippen LogP contribution in [0.4, 0.5) is 0 Å². The highest BCUT2D eigenvalue weighted by molar-refractivity contribution is 5.91. The van der Waals surface area contributed by atoms with Gasteiger partial charge in [-0.05, 0) is 31.7 Å². The SMILES string of the molecule is C[C@@H](C1CC1)n1ncc2cc(C(=O)O)cnc21. The van der Waals surface area contributed by atoms with Crippen LogP contribution in [0.1, 0.15) is 36.2 Å². The number of nitrogens with zero attached hydrogens (tertiary/aromatic N) is 3. The van der Waals surface area contributed by atoms with Gasteiger partial charge in [-0.3, -0.25) is 0 Å². The summed E-state index contributed by atoms with van der Waals surface area (Å²) >= 11 is 0. The van der Waals surface area contributed by atoms with Crippen LogP contribution in [0.15, 0.2) is 18.5 Å². The van der Waals surface area contributed by atoms with E-state index in [9.17, 15) is 4.79 Å². The maximum Gasteiger partial charge on any atom is 0.337 e. The van der Waals surface area contributed by atoms with Gasteiger partial charge in [0.05, 0.1) is 17.8 Å². The molecular weight excluding hydrogens is 218 g/mol. The second-order valence-corrected chi connectivity index (χ2v) is 4.61. The Morgan fingerprint density at radius 1 is 1.53 bits per heavy atom. The van der Waals surface area contributed by atoms with Gasteiger partial charge in [0.25, 0.3) is 0 Å². The average Bonchev–Trinajstić information content (AvgIpc) is 3.07. The highest BCUT2D eigenvalue weighted by Gasteiger charge is 2.30. The van der Waals surface area contributed by atoms with Crippen LogP contribution in [0.2, 0.25) is 0 Å². The first-order chi connectivity index (χ1) is 8.16. The Bertz CT molecular complexity index is 586. The predicted octanol–water partition coefficient (Wildman–Crippen LogP) is 2.10.